The van der Waals surface area contributed by atoms with E-state index in [1.54, 1.807) is 18.9 Å². The molecular formula is C17H23N3O2. The number of nitrogens with two attached hydrogens (primary N) is 1. The molecule has 0 aliphatic heterocycles. The molecule has 22 heavy (non-hydrogen) atoms. The lowest BCUT2D eigenvalue weighted by molar-refractivity contribution is 0.0739. The Morgan fingerprint density at radius 1 is 1.32 bits per heavy atom. The summed E-state index contributed by atoms with van der Waals surface area (Å²) in [6.07, 6.45) is 0. The van der Waals surface area contributed by atoms with E-state index < -0.39 is 0 Å². The molecule has 1 aromatic heterocycles. The fourth-order valence-corrected chi connectivity index (χ4v) is 2.39. The van der Waals surface area contributed by atoms with Gasteiger partial charge in [0.15, 0.2) is 0 Å². The van der Waals surface area contributed by atoms with Gasteiger partial charge in [0.25, 0.3) is 5.91 Å². The zero-order valence-electron chi connectivity index (χ0n) is 13.6. The highest BCUT2D eigenvalue weighted by atomic mass is 16.5. The molecular weight excluding hydrogens is 278 g/mol. The Kier molecular flexibility index (Phi) is 4.66. The smallest absolute Gasteiger partial charge is 0.259 e. The molecule has 2 aromatic rings. The summed E-state index contributed by atoms with van der Waals surface area (Å²) < 4.78 is 5.26. The minimum absolute atomic E-state index is 0.0980. The van der Waals surface area contributed by atoms with E-state index in [0.29, 0.717) is 30.1 Å². The molecule has 1 heterocycles. The van der Waals surface area contributed by atoms with Gasteiger partial charge < -0.3 is 15.2 Å². The van der Waals surface area contributed by atoms with Gasteiger partial charge in [-0.3, -0.25) is 4.79 Å². The van der Waals surface area contributed by atoms with Crippen molar-refractivity contribution in [2.75, 3.05) is 20.1 Å². The highest BCUT2D eigenvalue weighted by Gasteiger charge is 2.27. The fourth-order valence-electron chi connectivity index (χ4n) is 2.39. The predicted octanol–water partition coefficient (Wildman–Crippen LogP) is 2.71. The summed E-state index contributed by atoms with van der Waals surface area (Å²) in [5.41, 5.74) is 7.59. The molecule has 0 unspecified atom stereocenters. The first-order valence-electron chi connectivity index (χ1n) is 7.33. The molecule has 0 bridgehead atoms. The summed E-state index contributed by atoms with van der Waals surface area (Å²) in [7, 11) is 1.78. The van der Waals surface area contributed by atoms with E-state index in [4.69, 9.17) is 10.3 Å². The molecule has 5 nitrogen and oxygen atoms in total. The van der Waals surface area contributed by atoms with E-state index >= 15 is 0 Å². The number of rotatable bonds is 5. The summed E-state index contributed by atoms with van der Waals surface area (Å²) in [5.74, 6) is 0.431. The molecule has 1 aromatic carbocycles. The lowest BCUT2D eigenvalue weighted by atomic mass is 9.93. The van der Waals surface area contributed by atoms with Crippen molar-refractivity contribution in [2.45, 2.75) is 20.8 Å². The number of aryl methyl sites for hydroxylation is 1. The molecule has 0 spiro atoms. The van der Waals surface area contributed by atoms with Crippen molar-refractivity contribution in [1.82, 2.24) is 10.1 Å². The normalized spacial score (nSPS) is 11.5. The molecule has 5 heteroatoms. The molecule has 0 saturated carbocycles. The SMILES string of the molecule is Cc1onc(-c2ccccc2)c1C(=O)N(C)CC(C)(C)CN. The number of benzene rings is 1. The lowest BCUT2D eigenvalue weighted by Gasteiger charge is -2.29. The number of hydrogen-bond donors (Lipinski definition) is 1. The molecule has 1 amide bonds. The number of aromatic nitrogens is 1. The zero-order valence-corrected chi connectivity index (χ0v) is 13.6. The number of nitrogens with zero attached hydrogens (tertiary/aromatic N) is 2. The van der Waals surface area contributed by atoms with Gasteiger partial charge in [0.2, 0.25) is 0 Å². The average molecular weight is 301 g/mol. The van der Waals surface area contributed by atoms with Crippen LogP contribution >= 0.6 is 0 Å². The van der Waals surface area contributed by atoms with Gasteiger partial charge in [0.1, 0.15) is 17.0 Å². The van der Waals surface area contributed by atoms with E-state index in [0.717, 1.165) is 5.56 Å². The van der Waals surface area contributed by atoms with Crippen LogP contribution in [0.3, 0.4) is 0 Å². The number of carbonyl (C=O) groups is 1. The standard InChI is InChI=1S/C17H23N3O2/c1-12-14(16(21)20(4)11-17(2,3)10-18)15(19-22-12)13-8-6-5-7-9-13/h5-9H,10-11,18H2,1-4H3. The van der Waals surface area contributed by atoms with E-state index in [1.165, 1.54) is 0 Å². The van der Waals surface area contributed by atoms with Crippen LogP contribution in [0.1, 0.15) is 30.0 Å². The van der Waals surface area contributed by atoms with Crippen LogP contribution in [-0.4, -0.2) is 36.1 Å². The third kappa shape index (κ3) is 3.36. The van der Waals surface area contributed by atoms with Crippen molar-refractivity contribution >= 4 is 5.91 Å². The summed E-state index contributed by atoms with van der Waals surface area (Å²) in [6, 6.07) is 9.58. The molecule has 2 rings (SSSR count). The maximum atomic E-state index is 12.8. The van der Waals surface area contributed by atoms with Gasteiger partial charge in [-0.2, -0.15) is 0 Å². The van der Waals surface area contributed by atoms with Crippen molar-refractivity contribution in [2.24, 2.45) is 11.1 Å². The number of amides is 1. The minimum Gasteiger partial charge on any atom is -0.360 e. The Morgan fingerprint density at radius 3 is 2.55 bits per heavy atom. The number of carbonyl (C=O) groups excluding carboxylic acids is 1. The van der Waals surface area contributed by atoms with Gasteiger partial charge in [-0.25, -0.2) is 0 Å². The van der Waals surface area contributed by atoms with Gasteiger partial charge in [-0.1, -0.05) is 49.3 Å². The van der Waals surface area contributed by atoms with Gasteiger partial charge in [-0.15, -0.1) is 0 Å². The predicted molar refractivity (Wildman–Crippen MR) is 86.5 cm³/mol. The Labute approximate surface area is 131 Å². The Bertz CT molecular complexity index is 647. The third-order valence-corrected chi connectivity index (χ3v) is 3.69. The van der Waals surface area contributed by atoms with Crippen molar-refractivity contribution in [3.63, 3.8) is 0 Å². The van der Waals surface area contributed by atoms with E-state index in [-0.39, 0.29) is 11.3 Å². The molecule has 0 radical (unpaired) electrons. The van der Waals surface area contributed by atoms with Crippen LogP contribution in [0.4, 0.5) is 0 Å². The topological polar surface area (TPSA) is 72.4 Å². The summed E-state index contributed by atoms with van der Waals surface area (Å²) in [5, 5.41) is 4.06. The number of hydrogen-bond acceptors (Lipinski definition) is 4. The monoisotopic (exact) mass is 301 g/mol. The maximum absolute atomic E-state index is 12.8. The second-order valence-corrected chi connectivity index (χ2v) is 6.36. The van der Waals surface area contributed by atoms with Crippen LogP contribution in [0.5, 0.6) is 0 Å². The second kappa shape index (κ2) is 6.32. The summed E-state index contributed by atoms with van der Waals surface area (Å²) in [4.78, 5) is 14.5. The first-order chi connectivity index (χ1) is 10.4. The van der Waals surface area contributed by atoms with E-state index in [1.807, 2.05) is 44.2 Å². The Hall–Kier alpha value is -2.14. The Balaban J connectivity index is 2.33. The molecule has 2 N–H and O–H groups in total. The van der Waals surface area contributed by atoms with Gasteiger partial charge in [-0.05, 0) is 18.9 Å². The van der Waals surface area contributed by atoms with Crippen molar-refractivity contribution in [3.8, 4) is 11.3 Å². The zero-order chi connectivity index (χ0) is 16.3. The highest BCUT2D eigenvalue weighted by molar-refractivity contribution is 6.00. The minimum atomic E-state index is -0.137. The highest BCUT2D eigenvalue weighted by Crippen LogP contribution is 2.27. The molecule has 118 valence electrons. The third-order valence-electron chi connectivity index (χ3n) is 3.69. The molecule has 0 atom stereocenters. The first-order valence-corrected chi connectivity index (χ1v) is 7.33. The molecule has 0 aliphatic carbocycles. The van der Waals surface area contributed by atoms with Crippen LogP contribution in [0.25, 0.3) is 11.3 Å². The largest absolute Gasteiger partial charge is 0.360 e. The van der Waals surface area contributed by atoms with Gasteiger partial charge in [0, 0.05) is 19.2 Å². The quantitative estimate of drug-likeness (QED) is 0.921. The molecule has 0 saturated heterocycles. The van der Waals surface area contributed by atoms with Crippen molar-refractivity contribution < 1.29 is 9.32 Å². The first kappa shape index (κ1) is 16.2. The Morgan fingerprint density at radius 2 is 1.95 bits per heavy atom. The van der Waals surface area contributed by atoms with Crippen LogP contribution in [0.2, 0.25) is 0 Å². The van der Waals surface area contributed by atoms with E-state index in [9.17, 15) is 4.79 Å². The van der Waals surface area contributed by atoms with E-state index in [2.05, 4.69) is 5.16 Å². The summed E-state index contributed by atoms with van der Waals surface area (Å²) >= 11 is 0. The van der Waals surface area contributed by atoms with Crippen molar-refractivity contribution in [3.05, 3.63) is 41.7 Å². The van der Waals surface area contributed by atoms with Gasteiger partial charge >= 0.3 is 0 Å². The van der Waals surface area contributed by atoms with Crippen LogP contribution in [0, 0.1) is 12.3 Å². The van der Waals surface area contributed by atoms with Crippen molar-refractivity contribution in [1.29, 1.82) is 0 Å². The van der Waals surface area contributed by atoms with Crippen LogP contribution in [-0.2, 0) is 0 Å². The molecule has 0 aliphatic rings. The summed E-state index contributed by atoms with van der Waals surface area (Å²) in [6.45, 7) is 6.92. The van der Waals surface area contributed by atoms with Crippen LogP contribution in [0.15, 0.2) is 34.9 Å². The molecule has 0 fully saturated rings. The second-order valence-electron chi connectivity index (χ2n) is 6.36. The van der Waals surface area contributed by atoms with Crippen LogP contribution < -0.4 is 5.73 Å². The van der Waals surface area contributed by atoms with Gasteiger partial charge in [0.05, 0.1) is 0 Å². The maximum Gasteiger partial charge on any atom is 0.259 e. The average Bonchev–Trinajstić information content (AvgIpc) is 2.88. The lowest BCUT2D eigenvalue weighted by Crippen LogP contribution is -2.40. The fraction of sp³-hybridized carbons (Fsp3) is 0.412.